The molecule has 2 aromatic rings. The molecule has 14 nitrogen and oxygen atoms in total. The number of benzene rings is 1. The molecule has 1 saturated heterocycles. The van der Waals surface area contributed by atoms with E-state index in [0.29, 0.717) is 42.9 Å². The van der Waals surface area contributed by atoms with Crippen LogP contribution in [0.2, 0.25) is 0 Å². The third-order valence-corrected chi connectivity index (χ3v) is 12.1. The molecule has 0 bridgehead atoms. The molecule has 0 spiro atoms. The molecule has 1 aromatic heterocycles. The number of hydrogen-bond donors (Lipinski definition) is 4. The number of pyridine rings is 1. The van der Waals surface area contributed by atoms with E-state index in [4.69, 9.17) is 9.47 Å². The monoisotopic (exact) mass is 747 g/mol. The Kier molecular flexibility index (Phi) is 10.6. The van der Waals surface area contributed by atoms with Gasteiger partial charge in [0.1, 0.15) is 36.1 Å². The van der Waals surface area contributed by atoms with E-state index >= 15 is 0 Å². The van der Waals surface area contributed by atoms with Crippen LogP contribution in [0.15, 0.2) is 42.6 Å². The third-order valence-electron chi connectivity index (χ3n) is 10.3. The number of alkyl halides is 2. The second kappa shape index (κ2) is 14.8. The molecule has 3 fully saturated rings. The zero-order chi connectivity index (χ0) is 37.4. The number of sulfonamides is 1. The number of nitrogens with one attached hydrogen (secondary N) is 3. The second-order valence-corrected chi connectivity index (χ2v) is 16.3. The normalized spacial score (nSPS) is 30.3. The molecule has 282 valence electrons. The lowest BCUT2D eigenvalue weighted by molar-refractivity contribution is -0.142. The number of carboxylic acid groups (broad SMARTS) is 1. The topological polar surface area (TPSA) is 193 Å². The van der Waals surface area contributed by atoms with Crippen LogP contribution in [0.3, 0.4) is 0 Å². The first-order valence-electron chi connectivity index (χ1n) is 17.5. The van der Waals surface area contributed by atoms with Crippen molar-refractivity contribution < 1.29 is 51.0 Å². The summed E-state index contributed by atoms with van der Waals surface area (Å²) < 4.78 is 65.1. The highest BCUT2D eigenvalue weighted by Gasteiger charge is 2.62. The molecule has 4 N–H and O–H groups in total. The van der Waals surface area contributed by atoms with Crippen molar-refractivity contribution in [2.45, 2.75) is 94.2 Å². The van der Waals surface area contributed by atoms with E-state index in [1.165, 1.54) is 11.1 Å². The van der Waals surface area contributed by atoms with Crippen LogP contribution in [0.25, 0.3) is 10.8 Å². The van der Waals surface area contributed by atoms with Crippen molar-refractivity contribution in [3.05, 3.63) is 42.6 Å². The first-order valence-corrected chi connectivity index (χ1v) is 19.0. The highest BCUT2D eigenvalue weighted by Crippen LogP contribution is 2.46. The van der Waals surface area contributed by atoms with Gasteiger partial charge in [0.25, 0.3) is 12.3 Å². The summed E-state index contributed by atoms with van der Waals surface area (Å²) in [5, 5.41) is 15.1. The summed E-state index contributed by atoms with van der Waals surface area (Å²) in [7, 11) is -3.94. The Labute approximate surface area is 299 Å². The lowest BCUT2D eigenvalue weighted by Crippen LogP contribution is -2.59. The van der Waals surface area contributed by atoms with Crippen LogP contribution >= 0.6 is 0 Å². The van der Waals surface area contributed by atoms with E-state index < -0.39 is 87.7 Å². The van der Waals surface area contributed by atoms with Crippen LogP contribution < -0.4 is 24.8 Å². The Bertz CT molecular complexity index is 1860. The van der Waals surface area contributed by atoms with Gasteiger partial charge in [-0.15, -0.1) is 0 Å². The predicted molar refractivity (Wildman–Crippen MR) is 183 cm³/mol. The predicted octanol–water partition coefficient (Wildman–Crippen LogP) is 3.36. The minimum absolute atomic E-state index is 0.0830. The van der Waals surface area contributed by atoms with E-state index in [0.717, 1.165) is 0 Å². The molecule has 4 aliphatic rings. The fourth-order valence-corrected chi connectivity index (χ4v) is 8.66. The van der Waals surface area contributed by atoms with Gasteiger partial charge in [-0.1, -0.05) is 44.2 Å². The number of rotatable bonds is 9. The number of hydrogen-bond acceptors (Lipinski definition) is 9. The molecule has 1 aromatic carbocycles. The maximum absolute atomic E-state index is 14.3. The number of carbonyl (C=O) groups excluding carboxylic acids is 3. The summed E-state index contributed by atoms with van der Waals surface area (Å²) in [6.45, 7) is 2.77. The van der Waals surface area contributed by atoms with Crippen molar-refractivity contribution in [2.75, 3.05) is 13.2 Å². The average Bonchev–Trinajstić information content (AvgIpc) is 4.01. The van der Waals surface area contributed by atoms with Crippen molar-refractivity contribution in [2.24, 2.45) is 17.8 Å². The quantitative estimate of drug-likeness (QED) is 0.277. The zero-order valence-electron chi connectivity index (χ0n) is 28.8. The number of fused-ring (bicyclic) bond motifs is 3. The van der Waals surface area contributed by atoms with Crippen LogP contribution in [-0.4, -0.2) is 95.8 Å². The van der Waals surface area contributed by atoms with Gasteiger partial charge in [-0.25, -0.2) is 27.0 Å². The minimum atomic E-state index is -3.94. The SMILES string of the molecule is C[C@@H]1CC/C=C\[C@@H]2C[C@@]2(C(=O)NS(=O)(=O)C2CC2)NC(=O)[C@@H]2C[C@@H](Oc3ncc(OCC(F)F)c4ccccc34)CN2C(=O)[C@@H](NC(=O)O)[C@H](C)C1. The van der Waals surface area contributed by atoms with Crippen LogP contribution in [-0.2, 0) is 24.4 Å². The lowest BCUT2D eigenvalue weighted by atomic mass is 9.88. The number of carbonyl (C=O) groups is 4. The first-order chi connectivity index (χ1) is 24.7. The van der Waals surface area contributed by atoms with E-state index in [-0.39, 0.29) is 36.9 Å². The zero-order valence-corrected chi connectivity index (χ0v) is 29.6. The van der Waals surface area contributed by atoms with Crippen molar-refractivity contribution >= 4 is 44.6 Å². The van der Waals surface area contributed by atoms with Crippen molar-refractivity contribution in [3.63, 3.8) is 0 Å². The Balaban J connectivity index is 1.32. The van der Waals surface area contributed by atoms with Crippen LogP contribution in [0.5, 0.6) is 11.6 Å². The molecule has 52 heavy (non-hydrogen) atoms. The van der Waals surface area contributed by atoms with E-state index in [1.807, 2.05) is 19.1 Å². The van der Waals surface area contributed by atoms with E-state index in [9.17, 15) is 41.5 Å². The molecule has 0 radical (unpaired) electrons. The summed E-state index contributed by atoms with van der Waals surface area (Å²) >= 11 is 0. The van der Waals surface area contributed by atoms with Crippen molar-refractivity contribution in [1.82, 2.24) is 25.2 Å². The average molecular weight is 748 g/mol. The summed E-state index contributed by atoms with van der Waals surface area (Å²) in [5.74, 6) is -2.90. The number of amides is 4. The van der Waals surface area contributed by atoms with Crippen LogP contribution in [0, 0.1) is 17.8 Å². The number of ether oxygens (including phenoxy) is 2. The van der Waals surface area contributed by atoms with Crippen LogP contribution in [0.4, 0.5) is 13.6 Å². The smallest absolute Gasteiger partial charge is 0.405 e. The lowest BCUT2D eigenvalue weighted by Gasteiger charge is -2.32. The highest BCUT2D eigenvalue weighted by atomic mass is 32.2. The van der Waals surface area contributed by atoms with Crippen molar-refractivity contribution in [3.8, 4) is 11.6 Å². The fourth-order valence-electron chi connectivity index (χ4n) is 7.29. The molecule has 2 aliphatic carbocycles. The molecule has 2 aliphatic heterocycles. The summed E-state index contributed by atoms with van der Waals surface area (Å²) in [6, 6.07) is 4.25. The van der Waals surface area contributed by atoms with Crippen LogP contribution in [0.1, 0.15) is 58.8 Å². The molecule has 3 heterocycles. The molecular formula is C35H43F2N5O9S. The third kappa shape index (κ3) is 8.08. The molecule has 6 rings (SSSR count). The first kappa shape index (κ1) is 37.2. The second-order valence-electron chi connectivity index (χ2n) is 14.4. The van der Waals surface area contributed by atoms with Gasteiger partial charge in [0.05, 0.1) is 18.0 Å². The summed E-state index contributed by atoms with van der Waals surface area (Å²) in [5.41, 5.74) is -1.58. The summed E-state index contributed by atoms with van der Waals surface area (Å²) in [4.78, 5) is 59.7. The van der Waals surface area contributed by atoms with Gasteiger partial charge in [0.2, 0.25) is 27.7 Å². The van der Waals surface area contributed by atoms with Gasteiger partial charge >= 0.3 is 6.09 Å². The highest BCUT2D eigenvalue weighted by molar-refractivity contribution is 7.91. The minimum Gasteiger partial charge on any atom is -0.485 e. The van der Waals surface area contributed by atoms with Gasteiger partial charge < -0.3 is 30.1 Å². The number of aromatic nitrogens is 1. The van der Waals surface area contributed by atoms with Gasteiger partial charge in [-0.2, -0.15) is 0 Å². The molecule has 4 amide bonds. The molecule has 17 heteroatoms. The maximum atomic E-state index is 14.3. The largest absolute Gasteiger partial charge is 0.485 e. The van der Waals surface area contributed by atoms with Gasteiger partial charge in [0, 0.05) is 23.1 Å². The Morgan fingerprint density at radius 1 is 1.13 bits per heavy atom. The van der Waals surface area contributed by atoms with Gasteiger partial charge in [-0.3, -0.25) is 19.1 Å². The number of halogens is 2. The molecule has 2 saturated carbocycles. The standard InChI is InChI=1S/C35H43F2N5O9S/c1-19-7-3-4-8-21-15-35(21,33(45)41-52(48,49)23-11-12-23)40-30(43)26-14-22(17-42(26)32(44)29(20(2)13-19)39-34(46)47)51-31-25-10-6-5-9-24(25)27(16-38-31)50-18-28(36)37/h4-6,8-10,16,19-23,26,28-29,39H,3,7,11-15,17-18H2,1-2H3,(H,40,43)(H,41,45)(H,46,47)/b8-4-/t19-,20-,21-,22-,26+,29+,35-/m1/s1. The Morgan fingerprint density at radius 2 is 1.87 bits per heavy atom. The molecular weight excluding hydrogens is 704 g/mol. The maximum Gasteiger partial charge on any atom is 0.405 e. The van der Waals surface area contributed by atoms with E-state index in [1.54, 1.807) is 31.2 Å². The Morgan fingerprint density at radius 3 is 2.56 bits per heavy atom. The number of nitrogens with zero attached hydrogens (tertiary/aromatic N) is 2. The fraction of sp³-hybridized carbons (Fsp3) is 0.571. The van der Waals surface area contributed by atoms with Gasteiger partial charge in [-0.05, 0) is 56.4 Å². The summed E-state index contributed by atoms with van der Waals surface area (Å²) in [6.07, 6.45) is 2.75. The number of allylic oxidation sites excluding steroid dienone is 1. The molecule has 0 unspecified atom stereocenters. The van der Waals surface area contributed by atoms with E-state index in [2.05, 4.69) is 20.3 Å². The molecule has 7 atom stereocenters. The van der Waals surface area contributed by atoms with Crippen molar-refractivity contribution in [1.29, 1.82) is 0 Å². The van der Waals surface area contributed by atoms with Gasteiger partial charge in [0.15, 0.2) is 0 Å². The Hall–Kier alpha value is -4.54.